The molecule has 1 aromatic heterocycles. The minimum atomic E-state index is 0.0233. The molecule has 1 aliphatic heterocycles. The van der Waals surface area contributed by atoms with Crippen molar-refractivity contribution >= 4 is 5.78 Å². The van der Waals surface area contributed by atoms with E-state index in [1.54, 1.807) is 6.92 Å². The molecule has 5 nitrogen and oxygen atoms in total. The summed E-state index contributed by atoms with van der Waals surface area (Å²) in [6.45, 7) is 14.9. The molecule has 0 aromatic carbocycles. The average molecular weight is 365 g/mol. The van der Waals surface area contributed by atoms with Crippen LogP contribution >= 0.6 is 0 Å². The van der Waals surface area contributed by atoms with Crippen LogP contribution in [0.4, 0.5) is 0 Å². The molecule has 0 aliphatic carbocycles. The highest BCUT2D eigenvalue weighted by Crippen LogP contribution is 2.27. The summed E-state index contributed by atoms with van der Waals surface area (Å²) in [6, 6.07) is 3.90. The van der Waals surface area contributed by atoms with E-state index in [0.29, 0.717) is 24.8 Å². The smallest absolute Gasteiger partial charge is 0.178 e. The number of Topliss-reactive ketones (excluding diaryl/α,β-unsaturated/α-hetero) is 1. The fourth-order valence-corrected chi connectivity index (χ4v) is 2.98. The summed E-state index contributed by atoms with van der Waals surface area (Å²) in [5.41, 5.74) is 1.80. The Hall–Kier alpha value is -1.30. The number of likely N-dealkylation sites (tertiary alicyclic amines) is 1. The van der Waals surface area contributed by atoms with Crippen molar-refractivity contribution in [3.05, 3.63) is 29.6 Å². The standard InChI is InChI=1S/C19H30N2O3.C2H6/c1-15(2)24-13-12-23-11-10-21-8-6-17(7-9-21)18-4-5-19(16(3)22)20-14-18;1-2/h4-5,14-15,17H,6-13H2,1-3H3;1-2H3. The minimum Gasteiger partial charge on any atom is -0.378 e. The van der Waals surface area contributed by atoms with Gasteiger partial charge < -0.3 is 14.4 Å². The molecule has 1 aromatic rings. The van der Waals surface area contributed by atoms with E-state index in [9.17, 15) is 4.79 Å². The van der Waals surface area contributed by atoms with E-state index in [-0.39, 0.29) is 11.9 Å². The van der Waals surface area contributed by atoms with Crippen molar-refractivity contribution in [1.29, 1.82) is 0 Å². The second-order valence-electron chi connectivity index (χ2n) is 6.68. The summed E-state index contributed by atoms with van der Waals surface area (Å²) >= 11 is 0. The van der Waals surface area contributed by atoms with Gasteiger partial charge in [-0.15, -0.1) is 0 Å². The van der Waals surface area contributed by atoms with Gasteiger partial charge in [0.2, 0.25) is 0 Å². The maximum Gasteiger partial charge on any atom is 0.178 e. The molecule has 0 atom stereocenters. The van der Waals surface area contributed by atoms with E-state index >= 15 is 0 Å². The molecular weight excluding hydrogens is 328 g/mol. The second kappa shape index (κ2) is 13.0. The number of hydrogen-bond acceptors (Lipinski definition) is 5. The third-order valence-corrected chi connectivity index (χ3v) is 4.44. The zero-order valence-corrected chi connectivity index (χ0v) is 17.2. The highest BCUT2D eigenvalue weighted by molar-refractivity contribution is 5.91. The maximum absolute atomic E-state index is 11.3. The van der Waals surface area contributed by atoms with E-state index in [0.717, 1.165) is 39.1 Å². The summed E-state index contributed by atoms with van der Waals surface area (Å²) in [6.07, 6.45) is 4.41. The van der Waals surface area contributed by atoms with Gasteiger partial charge in [-0.3, -0.25) is 9.78 Å². The number of pyridine rings is 1. The molecule has 0 amide bonds. The maximum atomic E-state index is 11.3. The van der Waals surface area contributed by atoms with Gasteiger partial charge >= 0.3 is 0 Å². The number of piperidine rings is 1. The topological polar surface area (TPSA) is 51.7 Å². The van der Waals surface area contributed by atoms with Crippen LogP contribution in [0, 0.1) is 0 Å². The van der Waals surface area contributed by atoms with Crippen LogP contribution in [-0.4, -0.2) is 61.2 Å². The summed E-state index contributed by atoms with van der Waals surface area (Å²) < 4.78 is 11.1. The molecule has 1 aliphatic rings. The first-order chi connectivity index (χ1) is 12.6. The normalized spacial score (nSPS) is 15.6. The van der Waals surface area contributed by atoms with Crippen molar-refractivity contribution in [2.75, 3.05) is 39.5 Å². The fraction of sp³-hybridized carbons (Fsp3) is 0.714. The molecule has 1 fully saturated rings. The first-order valence-electron chi connectivity index (χ1n) is 9.95. The molecule has 26 heavy (non-hydrogen) atoms. The Morgan fingerprint density at radius 2 is 1.88 bits per heavy atom. The van der Waals surface area contributed by atoms with E-state index in [4.69, 9.17) is 9.47 Å². The number of ketones is 1. The van der Waals surface area contributed by atoms with Crippen LogP contribution in [0.2, 0.25) is 0 Å². The van der Waals surface area contributed by atoms with E-state index < -0.39 is 0 Å². The van der Waals surface area contributed by atoms with Gasteiger partial charge in [0.15, 0.2) is 5.78 Å². The number of hydrogen-bond donors (Lipinski definition) is 0. The van der Waals surface area contributed by atoms with E-state index in [2.05, 4.69) is 16.0 Å². The highest BCUT2D eigenvalue weighted by atomic mass is 16.5. The van der Waals surface area contributed by atoms with Gasteiger partial charge in [0, 0.05) is 19.7 Å². The van der Waals surface area contributed by atoms with Gasteiger partial charge in [0.05, 0.1) is 25.9 Å². The van der Waals surface area contributed by atoms with Crippen molar-refractivity contribution < 1.29 is 14.3 Å². The van der Waals surface area contributed by atoms with Gasteiger partial charge in [-0.25, -0.2) is 0 Å². The largest absolute Gasteiger partial charge is 0.378 e. The van der Waals surface area contributed by atoms with Crippen molar-refractivity contribution in [2.45, 2.75) is 59.5 Å². The summed E-state index contributed by atoms with van der Waals surface area (Å²) in [5.74, 6) is 0.574. The SMILES string of the molecule is CC.CC(=O)c1ccc(C2CCN(CCOCCOC(C)C)CC2)cn1. The third-order valence-electron chi connectivity index (χ3n) is 4.44. The Balaban J connectivity index is 0.00000163. The number of ether oxygens (including phenoxy) is 2. The lowest BCUT2D eigenvalue weighted by molar-refractivity contribution is 0.0126. The number of nitrogens with zero attached hydrogens (tertiary/aromatic N) is 2. The van der Waals surface area contributed by atoms with Crippen LogP contribution in [0.3, 0.4) is 0 Å². The quantitative estimate of drug-likeness (QED) is 0.491. The van der Waals surface area contributed by atoms with Gasteiger partial charge in [0.25, 0.3) is 0 Å². The Morgan fingerprint density at radius 1 is 1.19 bits per heavy atom. The summed E-state index contributed by atoms with van der Waals surface area (Å²) in [7, 11) is 0. The molecule has 0 bridgehead atoms. The molecule has 5 heteroatoms. The predicted octanol–water partition coefficient (Wildman–Crippen LogP) is 3.93. The molecule has 148 valence electrons. The van der Waals surface area contributed by atoms with Crippen LogP contribution < -0.4 is 0 Å². The molecular formula is C21H36N2O3. The number of carbonyl (C=O) groups excluding carboxylic acids is 1. The molecule has 1 saturated heterocycles. The summed E-state index contributed by atoms with van der Waals surface area (Å²) in [5, 5.41) is 0. The Bertz CT molecular complexity index is 494. The van der Waals surface area contributed by atoms with Crippen LogP contribution in [0.1, 0.15) is 69.4 Å². The van der Waals surface area contributed by atoms with Crippen LogP contribution in [0.5, 0.6) is 0 Å². The van der Waals surface area contributed by atoms with Crippen molar-refractivity contribution in [1.82, 2.24) is 9.88 Å². The molecule has 0 radical (unpaired) electrons. The Morgan fingerprint density at radius 3 is 2.42 bits per heavy atom. The fourth-order valence-electron chi connectivity index (χ4n) is 2.98. The van der Waals surface area contributed by atoms with Crippen LogP contribution in [0.25, 0.3) is 0 Å². The molecule has 2 heterocycles. The van der Waals surface area contributed by atoms with Gasteiger partial charge in [-0.05, 0) is 57.3 Å². The number of rotatable bonds is 9. The van der Waals surface area contributed by atoms with Crippen molar-refractivity contribution in [3.63, 3.8) is 0 Å². The third kappa shape index (κ3) is 8.39. The number of aromatic nitrogens is 1. The van der Waals surface area contributed by atoms with E-state index in [1.807, 2.05) is 40.0 Å². The highest BCUT2D eigenvalue weighted by Gasteiger charge is 2.20. The first kappa shape index (κ1) is 22.7. The Kier molecular flexibility index (Phi) is 11.3. The van der Waals surface area contributed by atoms with Crippen molar-refractivity contribution in [2.24, 2.45) is 0 Å². The molecule has 2 rings (SSSR count). The molecule has 0 saturated carbocycles. The lowest BCUT2D eigenvalue weighted by Gasteiger charge is -2.32. The second-order valence-corrected chi connectivity index (χ2v) is 6.68. The molecule has 0 N–H and O–H groups in total. The van der Waals surface area contributed by atoms with Gasteiger partial charge in [-0.2, -0.15) is 0 Å². The Labute approximate surface area is 159 Å². The zero-order valence-electron chi connectivity index (χ0n) is 17.2. The summed E-state index contributed by atoms with van der Waals surface area (Å²) in [4.78, 5) is 18.0. The average Bonchev–Trinajstić information content (AvgIpc) is 2.66. The lowest BCUT2D eigenvalue weighted by Crippen LogP contribution is -2.35. The molecule has 0 unspecified atom stereocenters. The first-order valence-corrected chi connectivity index (χ1v) is 9.95. The van der Waals surface area contributed by atoms with Crippen LogP contribution in [0.15, 0.2) is 18.3 Å². The van der Waals surface area contributed by atoms with Crippen molar-refractivity contribution in [3.8, 4) is 0 Å². The van der Waals surface area contributed by atoms with E-state index in [1.165, 1.54) is 5.56 Å². The monoisotopic (exact) mass is 364 g/mol. The van der Waals surface area contributed by atoms with Crippen LogP contribution in [-0.2, 0) is 9.47 Å². The predicted molar refractivity (Wildman–Crippen MR) is 106 cm³/mol. The van der Waals surface area contributed by atoms with Gasteiger partial charge in [0.1, 0.15) is 5.69 Å². The molecule has 0 spiro atoms. The minimum absolute atomic E-state index is 0.0233. The number of carbonyl (C=O) groups is 1. The van der Waals surface area contributed by atoms with Gasteiger partial charge in [-0.1, -0.05) is 19.9 Å². The lowest BCUT2D eigenvalue weighted by atomic mass is 9.90. The zero-order chi connectivity index (χ0) is 19.4.